The number of aryl methyl sites for hydroxylation is 3. The quantitative estimate of drug-likeness (QED) is 0.269. The van der Waals surface area contributed by atoms with E-state index in [1.54, 1.807) is 29.5 Å². The number of rotatable bonds is 9. The number of fused-ring (bicyclic) bond motifs is 2. The van der Waals surface area contributed by atoms with E-state index in [0.717, 1.165) is 70.6 Å². The smallest absolute Gasteiger partial charge is 0.307 e. The van der Waals surface area contributed by atoms with Gasteiger partial charge in [-0.05, 0) is 73.9 Å². The van der Waals surface area contributed by atoms with Gasteiger partial charge in [0.1, 0.15) is 18.2 Å². The topological polar surface area (TPSA) is 101 Å². The largest absolute Gasteiger partial charge is 0.488 e. The molecule has 2 aromatic heterocycles. The minimum absolute atomic E-state index is 0.0566. The molecule has 9 nitrogen and oxygen atoms in total. The number of benzene rings is 2. The van der Waals surface area contributed by atoms with Crippen molar-refractivity contribution in [2.24, 2.45) is 24.8 Å². The number of hydrogen-bond donors (Lipinski definition) is 1. The number of hydrogen-bond acceptors (Lipinski definition) is 7. The summed E-state index contributed by atoms with van der Waals surface area (Å²) >= 11 is 1.60. The van der Waals surface area contributed by atoms with Gasteiger partial charge in [0.25, 0.3) is 5.91 Å². The summed E-state index contributed by atoms with van der Waals surface area (Å²) < 4.78 is 8.27. The number of carbonyl (C=O) groups is 2. The number of carboxylic acids is 1. The first-order valence-electron chi connectivity index (χ1n) is 14.7. The predicted molar refractivity (Wildman–Crippen MR) is 166 cm³/mol. The van der Waals surface area contributed by atoms with E-state index in [0.29, 0.717) is 18.7 Å². The van der Waals surface area contributed by atoms with Crippen molar-refractivity contribution in [3.63, 3.8) is 0 Å². The number of anilines is 1. The highest BCUT2D eigenvalue weighted by atomic mass is 32.1. The molecule has 0 radical (unpaired) electrons. The number of aromatic nitrogens is 3. The molecule has 1 N–H and O–H groups in total. The molecular weight excluding hydrogens is 562 g/mol. The maximum atomic E-state index is 13.1. The summed E-state index contributed by atoms with van der Waals surface area (Å²) in [4.78, 5) is 38.1. The molecule has 2 unspecified atom stereocenters. The fourth-order valence-electron chi connectivity index (χ4n) is 6.48. The van der Waals surface area contributed by atoms with Crippen LogP contribution in [0.25, 0.3) is 11.3 Å². The van der Waals surface area contributed by atoms with Crippen LogP contribution >= 0.6 is 11.3 Å². The first kappa shape index (κ1) is 28.9. The van der Waals surface area contributed by atoms with Crippen LogP contribution in [0.2, 0.25) is 0 Å². The zero-order chi connectivity index (χ0) is 30.2. The molecule has 1 aliphatic heterocycles. The van der Waals surface area contributed by atoms with Gasteiger partial charge in [-0.1, -0.05) is 17.7 Å². The highest BCUT2D eigenvalue weighted by Gasteiger charge is 2.46. The van der Waals surface area contributed by atoms with Gasteiger partial charge in [-0.3, -0.25) is 9.59 Å². The average Bonchev–Trinajstić information content (AvgIpc) is 3.70. The number of carbonyl (C=O) groups excluding carboxylic acids is 1. The molecule has 2 aromatic carbocycles. The van der Waals surface area contributed by atoms with E-state index in [2.05, 4.69) is 28.3 Å². The molecule has 1 saturated heterocycles. The van der Waals surface area contributed by atoms with Crippen molar-refractivity contribution in [3.8, 4) is 17.0 Å². The second-order valence-electron chi connectivity index (χ2n) is 11.9. The molecular formula is C33H37N5O4S. The highest BCUT2D eigenvalue weighted by molar-refractivity contribution is 7.14. The van der Waals surface area contributed by atoms with Crippen LogP contribution in [0.3, 0.4) is 0 Å². The lowest BCUT2D eigenvalue weighted by molar-refractivity contribution is -0.144. The first-order chi connectivity index (χ1) is 20.7. The number of carboxylic acid groups (broad SMARTS) is 1. The van der Waals surface area contributed by atoms with Crippen LogP contribution in [0.4, 0.5) is 5.13 Å². The maximum Gasteiger partial charge on any atom is 0.307 e. The fraction of sp³-hybridized carbons (Fsp3) is 0.394. The van der Waals surface area contributed by atoms with Crippen molar-refractivity contribution < 1.29 is 19.4 Å². The molecule has 43 heavy (non-hydrogen) atoms. The lowest BCUT2D eigenvalue weighted by Gasteiger charge is -2.35. The van der Waals surface area contributed by atoms with Gasteiger partial charge in [-0.25, -0.2) is 9.97 Å². The Labute approximate surface area is 255 Å². The Morgan fingerprint density at radius 1 is 1.12 bits per heavy atom. The van der Waals surface area contributed by atoms with Crippen molar-refractivity contribution in [2.45, 2.75) is 39.8 Å². The lowest BCUT2D eigenvalue weighted by atomic mass is 9.85. The monoisotopic (exact) mass is 599 g/mol. The summed E-state index contributed by atoms with van der Waals surface area (Å²) in [5, 5.41) is 12.7. The summed E-state index contributed by atoms with van der Waals surface area (Å²) in [6.07, 6.45) is 5.55. The predicted octanol–water partition coefficient (Wildman–Crippen LogP) is 5.56. The first-order valence-corrected chi connectivity index (χ1v) is 15.5. The van der Waals surface area contributed by atoms with Gasteiger partial charge < -0.3 is 24.2 Å². The summed E-state index contributed by atoms with van der Waals surface area (Å²) in [5.41, 5.74) is 5.53. The molecule has 3 heterocycles. The summed E-state index contributed by atoms with van der Waals surface area (Å²) in [6, 6.07) is 11.8. The van der Waals surface area contributed by atoms with Crippen LogP contribution in [0.5, 0.6) is 5.75 Å². The standard InChI is InChI=1S/C33H37N5O4S/c1-20-5-10-28(26(13-20)27-19-43-33(35-27)38-15-23-7-8-24(16-38)30(23)32(40)41)42-18-25-9-6-22(14-21(25)2)31(39)37(4)17-29-34-11-12-36(29)3/h5-6,9-14,19,23-24,30H,7-8,15-18H2,1-4H3,(H,40,41). The van der Waals surface area contributed by atoms with E-state index < -0.39 is 5.97 Å². The molecule has 1 amide bonds. The molecule has 4 aromatic rings. The van der Waals surface area contributed by atoms with Crippen molar-refractivity contribution >= 4 is 28.3 Å². The second kappa shape index (κ2) is 11.8. The van der Waals surface area contributed by atoms with Gasteiger partial charge in [0.05, 0.1) is 18.2 Å². The van der Waals surface area contributed by atoms with Gasteiger partial charge in [-0.2, -0.15) is 0 Å². The van der Waals surface area contributed by atoms with Crippen molar-refractivity contribution in [2.75, 3.05) is 25.0 Å². The highest BCUT2D eigenvalue weighted by Crippen LogP contribution is 2.44. The second-order valence-corrected chi connectivity index (χ2v) is 12.8. The Morgan fingerprint density at radius 2 is 1.88 bits per heavy atom. The normalized spacial score (nSPS) is 19.4. The number of nitrogens with zero attached hydrogens (tertiary/aromatic N) is 5. The lowest BCUT2D eigenvalue weighted by Crippen LogP contribution is -2.44. The van der Waals surface area contributed by atoms with Crippen LogP contribution < -0.4 is 9.64 Å². The van der Waals surface area contributed by atoms with Crippen LogP contribution in [-0.4, -0.2) is 56.6 Å². The van der Waals surface area contributed by atoms with Gasteiger partial charge in [0.2, 0.25) is 0 Å². The van der Waals surface area contributed by atoms with Gasteiger partial charge in [0, 0.05) is 56.1 Å². The minimum atomic E-state index is -0.655. The fourth-order valence-corrected chi connectivity index (χ4v) is 7.33. The van der Waals surface area contributed by atoms with Crippen LogP contribution in [0, 0.1) is 31.6 Å². The van der Waals surface area contributed by atoms with Gasteiger partial charge >= 0.3 is 5.97 Å². The summed E-state index contributed by atoms with van der Waals surface area (Å²) in [7, 11) is 3.71. The van der Waals surface area contributed by atoms with E-state index >= 15 is 0 Å². The Balaban J connectivity index is 1.14. The molecule has 6 rings (SSSR count). The van der Waals surface area contributed by atoms with Gasteiger partial charge in [-0.15, -0.1) is 11.3 Å². The zero-order valence-corrected chi connectivity index (χ0v) is 25.8. The van der Waals surface area contributed by atoms with Crippen LogP contribution in [-0.2, 0) is 25.0 Å². The minimum Gasteiger partial charge on any atom is -0.488 e. The molecule has 2 bridgehead atoms. The third-order valence-corrected chi connectivity index (χ3v) is 9.81. The molecule has 10 heteroatoms. The Bertz CT molecular complexity index is 1650. The maximum absolute atomic E-state index is 13.1. The number of piperidine rings is 1. The average molecular weight is 600 g/mol. The van der Waals surface area contributed by atoms with Crippen molar-refractivity contribution in [1.29, 1.82) is 0 Å². The SMILES string of the molecule is Cc1ccc(OCc2ccc(C(=O)N(C)Cc3nccn3C)cc2C)c(-c2csc(N3CC4CCC(C3)C4C(=O)O)n2)c1. The van der Waals surface area contributed by atoms with E-state index in [-0.39, 0.29) is 23.7 Å². The van der Waals surface area contributed by atoms with E-state index in [1.165, 1.54) is 0 Å². The van der Waals surface area contributed by atoms with Crippen LogP contribution in [0.15, 0.2) is 54.2 Å². The van der Waals surface area contributed by atoms with Crippen molar-refractivity contribution in [1.82, 2.24) is 19.4 Å². The Morgan fingerprint density at radius 3 is 2.56 bits per heavy atom. The molecule has 224 valence electrons. The number of amides is 1. The zero-order valence-electron chi connectivity index (χ0n) is 25.0. The van der Waals surface area contributed by atoms with Gasteiger partial charge in [0.15, 0.2) is 5.13 Å². The molecule has 2 aliphatic rings. The Kier molecular flexibility index (Phi) is 7.96. The number of thiazole rings is 1. The molecule has 1 saturated carbocycles. The Hall–Kier alpha value is -4.18. The van der Waals surface area contributed by atoms with E-state index in [9.17, 15) is 14.7 Å². The summed E-state index contributed by atoms with van der Waals surface area (Å²) in [6.45, 7) is 6.34. The van der Waals surface area contributed by atoms with E-state index in [1.807, 2.05) is 55.1 Å². The molecule has 0 spiro atoms. The third-order valence-electron chi connectivity index (χ3n) is 8.91. The van der Waals surface area contributed by atoms with Crippen LogP contribution in [0.1, 0.15) is 45.7 Å². The molecule has 1 aliphatic carbocycles. The van der Waals surface area contributed by atoms with Crippen molar-refractivity contribution in [3.05, 3.63) is 82.3 Å². The summed E-state index contributed by atoms with van der Waals surface area (Å²) in [5.74, 6) is 1.02. The number of imidazole rings is 1. The number of aliphatic carboxylic acids is 1. The number of ether oxygens (including phenoxy) is 1. The van der Waals surface area contributed by atoms with E-state index in [4.69, 9.17) is 9.72 Å². The third kappa shape index (κ3) is 5.88. The molecule has 2 atom stereocenters. The molecule has 2 fully saturated rings.